The van der Waals surface area contributed by atoms with Gasteiger partial charge in [0.25, 0.3) is 0 Å². The molecule has 96 valence electrons. The maximum atomic E-state index is 2.74. The van der Waals surface area contributed by atoms with E-state index in [1.807, 2.05) is 0 Å². The van der Waals surface area contributed by atoms with Crippen LogP contribution in [-0.2, 0) is 0 Å². The molecule has 2 heteroatoms. The largest absolute Gasteiger partial charge is 0.403 e. The lowest BCUT2D eigenvalue weighted by Crippen LogP contribution is -2.49. The average Bonchev–Trinajstić information content (AvgIpc) is 2.34. The van der Waals surface area contributed by atoms with Crippen molar-refractivity contribution in [2.75, 3.05) is 6.54 Å². The SMILES string of the molecule is CC/C=C/N(CCCC)[Si](CC)(CC)CC. The summed E-state index contributed by atoms with van der Waals surface area (Å²) >= 11 is 0. The van der Waals surface area contributed by atoms with E-state index in [2.05, 4.69) is 51.5 Å². The molecule has 1 nitrogen and oxygen atoms in total. The van der Waals surface area contributed by atoms with Gasteiger partial charge >= 0.3 is 0 Å². The Balaban J connectivity index is 4.72. The van der Waals surface area contributed by atoms with Crippen LogP contribution in [0.25, 0.3) is 0 Å². The van der Waals surface area contributed by atoms with Gasteiger partial charge in [-0.25, -0.2) is 0 Å². The Morgan fingerprint density at radius 1 is 0.938 bits per heavy atom. The van der Waals surface area contributed by atoms with Crippen LogP contribution in [0.5, 0.6) is 0 Å². The van der Waals surface area contributed by atoms with Crippen molar-refractivity contribution < 1.29 is 0 Å². The monoisotopic (exact) mass is 241 g/mol. The molecule has 0 bridgehead atoms. The van der Waals surface area contributed by atoms with Crippen molar-refractivity contribution in [2.45, 2.75) is 72.0 Å². The van der Waals surface area contributed by atoms with Crippen LogP contribution in [0.15, 0.2) is 12.3 Å². The van der Waals surface area contributed by atoms with Gasteiger partial charge in [0.2, 0.25) is 0 Å². The van der Waals surface area contributed by atoms with E-state index in [9.17, 15) is 0 Å². The van der Waals surface area contributed by atoms with Crippen LogP contribution in [0, 0.1) is 0 Å². The van der Waals surface area contributed by atoms with Crippen molar-refractivity contribution >= 4 is 8.24 Å². The van der Waals surface area contributed by atoms with Gasteiger partial charge in [-0.3, -0.25) is 0 Å². The highest BCUT2D eigenvalue weighted by atomic mass is 28.3. The smallest absolute Gasteiger partial charge is 0.155 e. The van der Waals surface area contributed by atoms with Crippen molar-refractivity contribution in [2.24, 2.45) is 0 Å². The molecule has 16 heavy (non-hydrogen) atoms. The maximum absolute atomic E-state index is 2.74. The van der Waals surface area contributed by atoms with Crippen molar-refractivity contribution in [3.63, 3.8) is 0 Å². The van der Waals surface area contributed by atoms with Gasteiger partial charge in [0.1, 0.15) is 0 Å². The van der Waals surface area contributed by atoms with E-state index in [4.69, 9.17) is 0 Å². The summed E-state index contributed by atoms with van der Waals surface area (Å²) in [5.74, 6) is 0. The highest BCUT2D eigenvalue weighted by Crippen LogP contribution is 2.25. The van der Waals surface area contributed by atoms with Gasteiger partial charge in [-0.2, -0.15) is 0 Å². The van der Waals surface area contributed by atoms with Crippen LogP contribution >= 0.6 is 0 Å². The molecule has 0 aromatic carbocycles. The van der Waals surface area contributed by atoms with Crippen LogP contribution < -0.4 is 0 Å². The Labute approximate surface area is 104 Å². The lowest BCUT2D eigenvalue weighted by atomic mass is 10.3. The number of hydrogen-bond donors (Lipinski definition) is 0. The minimum Gasteiger partial charge on any atom is -0.403 e. The molecule has 0 N–H and O–H groups in total. The molecule has 0 rings (SSSR count). The van der Waals surface area contributed by atoms with Gasteiger partial charge in [-0.15, -0.1) is 0 Å². The highest BCUT2D eigenvalue weighted by Gasteiger charge is 2.32. The first-order chi connectivity index (χ1) is 7.70. The van der Waals surface area contributed by atoms with Crippen LogP contribution in [-0.4, -0.2) is 19.3 Å². The fourth-order valence-electron chi connectivity index (χ4n) is 2.39. The third kappa shape index (κ3) is 4.32. The van der Waals surface area contributed by atoms with Gasteiger partial charge < -0.3 is 4.57 Å². The highest BCUT2D eigenvalue weighted by molar-refractivity contribution is 6.77. The van der Waals surface area contributed by atoms with Crippen LogP contribution in [0.4, 0.5) is 0 Å². The molecule has 0 radical (unpaired) electrons. The van der Waals surface area contributed by atoms with Gasteiger partial charge in [0.15, 0.2) is 8.24 Å². The molecule has 0 aliphatic heterocycles. The molecular weight excluding hydrogens is 210 g/mol. The molecule has 0 saturated carbocycles. The van der Waals surface area contributed by atoms with Gasteiger partial charge in [0.05, 0.1) is 0 Å². The first kappa shape index (κ1) is 15.8. The molecule has 0 saturated heterocycles. The van der Waals surface area contributed by atoms with Gasteiger partial charge in [0, 0.05) is 6.54 Å². The number of rotatable bonds is 9. The van der Waals surface area contributed by atoms with Crippen molar-refractivity contribution in [1.82, 2.24) is 4.57 Å². The second kappa shape index (κ2) is 8.86. The zero-order chi connectivity index (χ0) is 12.4. The second-order valence-electron chi connectivity index (χ2n) is 4.62. The van der Waals surface area contributed by atoms with E-state index in [0.29, 0.717) is 0 Å². The molecule has 0 fully saturated rings. The summed E-state index contributed by atoms with van der Waals surface area (Å²) in [5, 5.41) is 0. The number of nitrogens with zero attached hydrogens (tertiary/aromatic N) is 1. The third-order valence-corrected chi connectivity index (χ3v) is 9.40. The zero-order valence-corrected chi connectivity index (χ0v) is 13.1. The predicted molar refractivity (Wildman–Crippen MR) is 78.2 cm³/mol. The summed E-state index contributed by atoms with van der Waals surface area (Å²) in [6.45, 7) is 12.9. The van der Waals surface area contributed by atoms with Crippen molar-refractivity contribution in [3.8, 4) is 0 Å². The molecule has 0 aliphatic carbocycles. The van der Waals surface area contributed by atoms with Crippen molar-refractivity contribution in [3.05, 3.63) is 12.3 Å². The predicted octanol–water partition coefficient (Wildman–Crippen LogP) is 5.02. The summed E-state index contributed by atoms with van der Waals surface area (Å²) in [5.41, 5.74) is 0. The average molecular weight is 241 g/mol. The lowest BCUT2D eigenvalue weighted by molar-refractivity contribution is 0.515. The maximum Gasteiger partial charge on any atom is 0.155 e. The lowest BCUT2D eigenvalue weighted by Gasteiger charge is -2.40. The Morgan fingerprint density at radius 2 is 1.50 bits per heavy atom. The van der Waals surface area contributed by atoms with Crippen molar-refractivity contribution in [1.29, 1.82) is 0 Å². The van der Waals surface area contributed by atoms with E-state index >= 15 is 0 Å². The quantitative estimate of drug-likeness (QED) is 0.512. The molecule has 0 aromatic heterocycles. The fourth-order valence-corrected chi connectivity index (χ4v) is 6.16. The summed E-state index contributed by atoms with van der Waals surface area (Å²) < 4.78 is 2.74. The van der Waals surface area contributed by atoms with Crippen LogP contribution in [0.1, 0.15) is 53.9 Å². The Kier molecular flexibility index (Phi) is 8.72. The molecule has 0 amide bonds. The first-order valence-electron chi connectivity index (χ1n) is 7.14. The molecule has 0 spiro atoms. The number of unbranched alkanes of at least 4 members (excludes halogenated alkanes) is 1. The fraction of sp³-hybridized carbons (Fsp3) is 0.857. The first-order valence-corrected chi connectivity index (χ1v) is 9.70. The third-order valence-electron chi connectivity index (χ3n) is 3.86. The minimum absolute atomic E-state index is 1.16. The Morgan fingerprint density at radius 3 is 1.88 bits per heavy atom. The molecular formula is C14H31NSi. The van der Waals surface area contributed by atoms with E-state index in [1.54, 1.807) is 0 Å². The summed E-state index contributed by atoms with van der Waals surface area (Å²) in [6.07, 6.45) is 8.53. The van der Waals surface area contributed by atoms with E-state index in [1.165, 1.54) is 37.5 Å². The van der Waals surface area contributed by atoms with Crippen LogP contribution in [0.2, 0.25) is 18.1 Å². The van der Waals surface area contributed by atoms with Gasteiger partial charge in [-0.1, -0.05) is 47.1 Å². The molecule has 0 aliphatic rings. The van der Waals surface area contributed by atoms with Crippen LogP contribution in [0.3, 0.4) is 0 Å². The van der Waals surface area contributed by atoms with Gasteiger partial charge in [-0.05, 0) is 37.2 Å². The molecule has 0 atom stereocenters. The molecule has 0 heterocycles. The van der Waals surface area contributed by atoms with E-state index in [0.717, 1.165) is 6.42 Å². The zero-order valence-electron chi connectivity index (χ0n) is 12.1. The van der Waals surface area contributed by atoms with E-state index in [-0.39, 0.29) is 0 Å². The Hall–Kier alpha value is -0.243. The summed E-state index contributed by atoms with van der Waals surface area (Å²) in [4.78, 5) is 0. The molecule has 0 aromatic rings. The van der Waals surface area contributed by atoms with E-state index < -0.39 is 8.24 Å². The molecule has 0 unspecified atom stereocenters. The second-order valence-corrected chi connectivity index (χ2v) is 9.77. The topological polar surface area (TPSA) is 3.24 Å². The summed E-state index contributed by atoms with van der Waals surface area (Å²) in [6, 6.07) is 4.16. The Bertz CT molecular complexity index is 177. The summed E-state index contributed by atoms with van der Waals surface area (Å²) in [7, 11) is -1.17. The minimum atomic E-state index is -1.17. The number of allylic oxidation sites excluding steroid dienone is 1. The normalized spacial score (nSPS) is 12.3. The number of hydrogen-bond acceptors (Lipinski definition) is 1. The standard InChI is InChI=1S/C14H31NSi/c1-6-11-13-15(14-12-7-2)16(8-3,9-4)10-5/h11,13H,6-10,12,14H2,1-5H3/b13-11+.